The van der Waals surface area contributed by atoms with E-state index in [4.69, 9.17) is 4.98 Å². The fraction of sp³-hybridized carbons (Fsp3) is 0.364. The van der Waals surface area contributed by atoms with E-state index in [1.807, 2.05) is 6.07 Å². The van der Waals surface area contributed by atoms with Gasteiger partial charge in [-0.15, -0.1) is 11.3 Å². The van der Waals surface area contributed by atoms with Crippen molar-refractivity contribution in [3.05, 3.63) is 59.1 Å². The number of hydrogen-bond donors (Lipinski definition) is 0. The van der Waals surface area contributed by atoms with E-state index < -0.39 is 0 Å². The number of thiazole rings is 1. The van der Waals surface area contributed by atoms with Crippen molar-refractivity contribution in [1.29, 1.82) is 0 Å². The molecule has 1 saturated heterocycles. The number of carbonyl (C=O) groups excluding carboxylic acids is 1. The molecule has 2 aromatic carbocycles. The summed E-state index contributed by atoms with van der Waals surface area (Å²) in [4.78, 5) is 22.1. The van der Waals surface area contributed by atoms with Crippen molar-refractivity contribution in [1.82, 2.24) is 9.88 Å². The van der Waals surface area contributed by atoms with E-state index >= 15 is 0 Å². The number of hydrogen-bond acceptors (Lipinski definition) is 4. The lowest BCUT2D eigenvalue weighted by Crippen LogP contribution is -2.44. The number of anilines is 1. The molecule has 1 aromatic heterocycles. The monoisotopic (exact) mass is 377 g/mol. The van der Waals surface area contributed by atoms with Crippen LogP contribution in [0.4, 0.5) is 5.69 Å². The average Bonchev–Trinajstić information content (AvgIpc) is 3.32. The van der Waals surface area contributed by atoms with Crippen molar-refractivity contribution in [3.8, 4) is 0 Å². The Hall–Kier alpha value is -2.40. The number of benzene rings is 2. The molecule has 0 spiro atoms. The Balaban J connectivity index is 1.29. The molecule has 1 amide bonds. The molecule has 138 valence electrons. The molecular weight excluding hydrogens is 354 g/mol. The van der Waals surface area contributed by atoms with Crippen LogP contribution in [-0.4, -0.2) is 42.0 Å². The van der Waals surface area contributed by atoms with Gasteiger partial charge in [-0.05, 0) is 43.0 Å². The van der Waals surface area contributed by atoms with Gasteiger partial charge in [0.25, 0.3) is 0 Å². The van der Waals surface area contributed by atoms with Gasteiger partial charge in [-0.2, -0.15) is 0 Å². The molecule has 3 heterocycles. The van der Waals surface area contributed by atoms with Gasteiger partial charge in [0.05, 0.1) is 21.8 Å². The third kappa shape index (κ3) is 3.21. The smallest absolute Gasteiger partial charge is 0.242 e. The van der Waals surface area contributed by atoms with E-state index in [2.05, 4.69) is 52.3 Å². The zero-order valence-corrected chi connectivity index (χ0v) is 16.1. The highest BCUT2D eigenvalue weighted by Gasteiger charge is 2.29. The Morgan fingerprint density at radius 3 is 2.89 bits per heavy atom. The minimum atomic E-state index is 0.248. The minimum Gasteiger partial charge on any atom is -0.362 e. The van der Waals surface area contributed by atoms with Crippen LogP contribution in [0.1, 0.15) is 29.3 Å². The van der Waals surface area contributed by atoms with E-state index in [1.165, 1.54) is 21.0 Å². The van der Waals surface area contributed by atoms with Gasteiger partial charge in [0.2, 0.25) is 5.91 Å². The zero-order valence-electron chi connectivity index (χ0n) is 15.3. The van der Waals surface area contributed by atoms with Crippen LogP contribution >= 0.6 is 11.3 Å². The van der Waals surface area contributed by atoms with E-state index in [1.54, 1.807) is 11.3 Å². The Bertz CT molecular complexity index is 949. The fourth-order valence-electron chi connectivity index (χ4n) is 4.30. The van der Waals surface area contributed by atoms with Crippen LogP contribution in [0.3, 0.4) is 0 Å². The van der Waals surface area contributed by atoms with Crippen molar-refractivity contribution >= 4 is 33.1 Å². The van der Waals surface area contributed by atoms with Gasteiger partial charge in [-0.1, -0.05) is 30.3 Å². The second-order valence-electron chi connectivity index (χ2n) is 7.50. The predicted molar refractivity (Wildman–Crippen MR) is 111 cm³/mol. The first-order valence-corrected chi connectivity index (χ1v) is 10.6. The molecular formula is C22H23N3OS. The molecule has 2 aliphatic rings. The molecule has 0 saturated carbocycles. The van der Waals surface area contributed by atoms with Crippen molar-refractivity contribution in [3.63, 3.8) is 0 Å². The van der Waals surface area contributed by atoms with Crippen LogP contribution in [0, 0.1) is 0 Å². The molecule has 0 N–H and O–H groups in total. The molecule has 5 heteroatoms. The van der Waals surface area contributed by atoms with Crippen LogP contribution in [0.15, 0.2) is 48.5 Å². The standard InChI is InChI=1S/C22H23N3OS/c26-21(15-24-13-11-16-6-1-3-9-19(16)24)25-12-5-7-17(14-25)22-23-18-8-2-4-10-20(18)27-22/h1-4,6,8-10,17H,5,7,11-15H2. The minimum absolute atomic E-state index is 0.248. The van der Waals surface area contributed by atoms with Crippen molar-refractivity contribution in [2.45, 2.75) is 25.2 Å². The second kappa shape index (κ2) is 6.97. The molecule has 0 bridgehead atoms. The number of para-hydroxylation sites is 2. The summed E-state index contributed by atoms with van der Waals surface area (Å²) in [6.07, 6.45) is 3.22. The molecule has 27 heavy (non-hydrogen) atoms. The van der Waals surface area contributed by atoms with Crippen LogP contribution in [0.5, 0.6) is 0 Å². The summed E-state index contributed by atoms with van der Waals surface area (Å²) in [5.41, 5.74) is 3.66. The third-order valence-corrected chi connectivity index (χ3v) is 6.94. The number of aromatic nitrogens is 1. The Morgan fingerprint density at radius 1 is 1.11 bits per heavy atom. The SMILES string of the molecule is O=C(CN1CCc2ccccc21)N1CCCC(c2nc3ccccc3s2)C1. The lowest BCUT2D eigenvalue weighted by atomic mass is 9.98. The molecule has 4 nitrogen and oxygen atoms in total. The third-order valence-electron chi connectivity index (χ3n) is 5.74. The molecule has 2 aliphatic heterocycles. The number of likely N-dealkylation sites (tertiary alicyclic amines) is 1. The lowest BCUT2D eigenvalue weighted by Gasteiger charge is -2.33. The molecule has 5 rings (SSSR count). The molecule has 1 unspecified atom stereocenters. The summed E-state index contributed by atoms with van der Waals surface area (Å²) in [7, 11) is 0. The van der Waals surface area contributed by atoms with Crippen molar-refractivity contribution in [2.75, 3.05) is 31.1 Å². The van der Waals surface area contributed by atoms with Crippen LogP contribution in [-0.2, 0) is 11.2 Å². The molecule has 0 radical (unpaired) electrons. The van der Waals surface area contributed by atoms with E-state index in [9.17, 15) is 4.79 Å². The van der Waals surface area contributed by atoms with Gasteiger partial charge >= 0.3 is 0 Å². The maximum atomic E-state index is 13.0. The summed E-state index contributed by atoms with van der Waals surface area (Å²) in [5, 5.41) is 1.18. The van der Waals surface area contributed by atoms with E-state index in [0.29, 0.717) is 12.5 Å². The first kappa shape index (κ1) is 16.8. The van der Waals surface area contributed by atoms with E-state index in [-0.39, 0.29) is 5.91 Å². The molecule has 1 atom stereocenters. The van der Waals surface area contributed by atoms with Crippen LogP contribution < -0.4 is 4.90 Å². The number of fused-ring (bicyclic) bond motifs is 2. The predicted octanol–water partition coefficient (Wildman–Crippen LogP) is 4.07. The molecule has 0 aliphatic carbocycles. The second-order valence-corrected chi connectivity index (χ2v) is 8.56. The van der Waals surface area contributed by atoms with Gasteiger partial charge < -0.3 is 9.80 Å². The van der Waals surface area contributed by atoms with Gasteiger partial charge in [-0.3, -0.25) is 4.79 Å². The largest absolute Gasteiger partial charge is 0.362 e. The summed E-state index contributed by atoms with van der Waals surface area (Å²) in [5.74, 6) is 0.614. The number of amides is 1. The van der Waals surface area contributed by atoms with Gasteiger partial charge in [0.1, 0.15) is 0 Å². The number of piperidine rings is 1. The molecule has 1 fully saturated rings. The first-order chi connectivity index (χ1) is 13.3. The maximum absolute atomic E-state index is 13.0. The first-order valence-electron chi connectivity index (χ1n) is 9.74. The van der Waals surface area contributed by atoms with Gasteiger partial charge in [0, 0.05) is 31.2 Å². The normalized spacial score (nSPS) is 19.5. The number of carbonyl (C=O) groups is 1. The van der Waals surface area contributed by atoms with Gasteiger partial charge in [-0.25, -0.2) is 4.98 Å². The number of nitrogens with zero attached hydrogens (tertiary/aromatic N) is 3. The summed E-state index contributed by atoms with van der Waals surface area (Å²) < 4.78 is 1.24. The lowest BCUT2D eigenvalue weighted by molar-refractivity contribution is -0.130. The fourth-order valence-corrected chi connectivity index (χ4v) is 5.40. The van der Waals surface area contributed by atoms with Crippen molar-refractivity contribution in [2.24, 2.45) is 0 Å². The zero-order chi connectivity index (χ0) is 18.2. The highest BCUT2D eigenvalue weighted by molar-refractivity contribution is 7.18. The van der Waals surface area contributed by atoms with Crippen LogP contribution in [0.25, 0.3) is 10.2 Å². The van der Waals surface area contributed by atoms with Crippen LogP contribution in [0.2, 0.25) is 0 Å². The topological polar surface area (TPSA) is 36.4 Å². The summed E-state index contributed by atoms with van der Waals surface area (Å²) >= 11 is 1.78. The molecule has 3 aromatic rings. The van der Waals surface area contributed by atoms with E-state index in [0.717, 1.165) is 44.4 Å². The summed E-state index contributed by atoms with van der Waals surface area (Å²) in [6.45, 7) is 3.10. The number of rotatable bonds is 3. The van der Waals surface area contributed by atoms with Gasteiger partial charge in [0.15, 0.2) is 0 Å². The quantitative estimate of drug-likeness (QED) is 0.690. The van der Waals surface area contributed by atoms with Crippen molar-refractivity contribution < 1.29 is 4.79 Å². The maximum Gasteiger partial charge on any atom is 0.242 e. The average molecular weight is 378 g/mol. The Labute approximate surface area is 163 Å². The highest BCUT2D eigenvalue weighted by atomic mass is 32.1. The Kier molecular flexibility index (Phi) is 4.32. The highest BCUT2D eigenvalue weighted by Crippen LogP contribution is 2.33. The summed E-state index contributed by atoms with van der Waals surface area (Å²) in [6, 6.07) is 16.8. The Morgan fingerprint density at radius 2 is 1.96 bits per heavy atom.